The lowest BCUT2D eigenvalue weighted by Gasteiger charge is -2.19. The Kier molecular flexibility index (Phi) is 6.24. The second-order valence-corrected chi connectivity index (χ2v) is 7.33. The van der Waals surface area contributed by atoms with Crippen LogP contribution in [0.25, 0.3) is 11.1 Å². The van der Waals surface area contributed by atoms with Crippen LogP contribution in [0, 0.1) is 5.92 Å². The summed E-state index contributed by atoms with van der Waals surface area (Å²) >= 11 is 0. The predicted molar refractivity (Wildman–Crippen MR) is 107 cm³/mol. The number of likely N-dealkylation sites (tertiary alicyclic amines) is 1. The van der Waals surface area contributed by atoms with Gasteiger partial charge in [-0.3, -0.25) is 9.59 Å². The second kappa shape index (κ2) is 8.82. The molecule has 1 fully saturated rings. The molecule has 1 atom stereocenters. The number of hydrogen-bond acceptors (Lipinski definition) is 3. The normalized spacial score (nSPS) is 16.8. The average Bonchev–Trinajstić information content (AvgIpc) is 3.06. The highest BCUT2D eigenvalue weighted by molar-refractivity contribution is 5.89. The number of nitrogens with one attached hydrogen (secondary N) is 1. The lowest BCUT2D eigenvalue weighted by Crippen LogP contribution is -2.35. The number of amides is 2. The van der Waals surface area contributed by atoms with Crippen LogP contribution in [-0.4, -0.2) is 55.3 Å². The van der Waals surface area contributed by atoms with E-state index in [1.54, 1.807) is 4.90 Å². The molecule has 0 bridgehead atoms. The molecule has 142 valence electrons. The fourth-order valence-electron chi connectivity index (χ4n) is 3.31. The number of benzene rings is 2. The van der Waals surface area contributed by atoms with Gasteiger partial charge < -0.3 is 15.1 Å². The number of likely N-dealkylation sites (N-methyl/N-ethyl adjacent to an activating group) is 1. The van der Waals surface area contributed by atoms with Crippen molar-refractivity contribution in [3.05, 3.63) is 60.2 Å². The summed E-state index contributed by atoms with van der Waals surface area (Å²) in [6, 6.07) is 18.4. The van der Waals surface area contributed by atoms with Gasteiger partial charge in [0.2, 0.25) is 11.8 Å². The summed E-state index contributed by atoms with van der Waals surface area (Å²) < 4.78 is 0. The largest absolute Gasteiger partial charge is 0.352 e. The van der Waals surface area contributed by atoms with Crippen molar-refractivity contribution in [2.45, 2.75) is 13.0 Å². The van der Waals surface area contributed by atoms with Crippen molar-refractivity contribution >= 4 is 11.8 Å². The summed E-state index contributed by atoms with van der Waals surface area (Å²) in [4.78, 5) is 28.4. The van der Waals surface area contributed by atoms with Crippen LogP contribution in [0.15, 0.2) is 54.6 Å². The Morgan fingerprint density at radius 2 is 1.85 bits per heavy atom. The van der Waals surface area contributed by atoms with Gasteiger partial charge in [-0.1, -0.05) is 48.5 Å². The molecule has 0 radical (unpaired) electrons. The van der Waals surface area contributed by atoms with Crippen LogP contribution in [0.1, 0.15) is 12.0 Å². The highest BCUT2D eigenvalue weighted by atomic mass is 16.2. The molecular weight excluding hydrogens is 338 g/mol. The van der Waals surface area contributed by atoms with Crippen molar-refractivity contribution in [3.8, 4) is 11.1 Å². The molecule has 0 saturated carbocycles. The van der Waals surface area contributed by atoms with E-state index in [1.165, 1.54) is 0 Å². The van der Waals surface area contributed by atoms with Gasteiger partial charge in [-0.2, -0.15) is 0 Å². The smallest absolute Gasteiger partial charge is 0.225 e. The quantitative estimate of drug-likeness (QED) is 0.820. The second-order valence-electron chi connectivity index (χ2n) is 7.33. The van der Waals surface area contributed by atoms with E-state index >= 15 is 0 Å². The van der Waals surface area contributed by atoms with E-state index in [2.05, 4.69) is 29.6 Å². The Labute approximate surface area is 161 Å². The van der Waals surface area contributed by atoms with E-state index in [9.17, 15) is 9.59 Å². The van der Waals surface area contributed by atoms with E-state index in [1.807, 2.05) is 49.3 Å². The van der Waals surface area contributed by atoms with Gasteiger partial charge in [0, 0.05) is 32.6 Å². The maximum atomic E-state index is 12.5. The number of hydrogen-bond donors (Lipinski definition) is 1. The van der Waals surface area contributed by atoms with Crippen LogP contribution in [0.5, 0.6) is 0 Å². The van der Waals surface area contributed by atoms with Crippen molar-refractivity contribution in [1.82, 2.24) is 15.1 Å². The van der Waals surface area contributed by atoms with Crippen molar-refractivity contribution in [2.75, 3.05) is 33.7 Å². The molecule has 2 aromatic rings. The van der Waals surface area contributed by atoms with Gasteiger partial charge in [-0.25, -0.2) is 0 Å². The summed E-state index contributed by atoms with van der Waals surface area (Å²) in [5, 5.41) is 3.00. The first-order valence-corrected chi connectivity index (χ1v) is 9.37. The highest BCUT2D eigenvalue weighted by Crippen LogP contribution is 2.21. The minimum absolute atomic E-state index is 0.0409. The Hall–Kier alpha value is -2.66. The monoisotopic (exact) mass is 365 g/mol. The zero-order valence-corrected chi connectivity index (χ0v) is 16.0. The van der Waals surface area contributed by atoms with Crippen LogP contribution in [0.4, 0.5) is 0 Å². The standard InChI is InChI=1S/C22H27N3O2/c1-24(2)11-12-25-16-20(14-21(25)26)22(27)23-15-17-7-6-10-19(13-17)18-8-4-3-5-9-18/h3-10,13,20H,11-12,14-16H2,1-2H3,(H,23,27). The third-order valence-corrected chi connectivity index (χ3v) is 4.90. The Bertz CT molecular complexity index is 789. The molecule has 1 N–H and O–H groups in total. The van der Waals surface area contributed by atoms with E-state index in [4.69, 9.17) is 0 Å². The minimum Gasteiger partial charge on any atom is -0.352 e. The predicted octanol–water partition coefficient (Wildman–Crippen LogP) is 2.38. The van der Waals surface area contributed by atoms with Gasteiger partial charge in [-0.05, 0) is 36.9 Å². The number of rotatable bonds is 7. The Morgan fingerprint density at radius 3 is 2.59 bits per heavy atom. The molecule has 27 heavy (non-hydrogen) atoms. The average molecular weight is 365 g/mol. The maximum absolute atomic E-state index is 12.5. The summed E-state index contributed by atoms with van der Waals surface area (Å²) in [5.74, 6) is -0.221. The molecule has 5 nitrogen and oxygen atoms in total. The first-order chi connectivity index (χ1) is 13.0. The molecule has 3 rings (SSSR count). The Morgan fingerprint density at radius 1 is 1.11 bits per heavy atom. The summed E-state index contributed by atoms with van der Waals surface area (Å²) in [7, 11) is 3.96. The fourth-order valence-corrected chi connectivity index (χ4v) is 3.31. The molecule has 0 aliphatic carbocycles. The zero-order valence-electron chi connectivity index (χ0n) is 16.0. The topological polar surface area (TPSA) is 52.6 Å². The minimum atomic E-state index is -0.253. The van der Waals surface area contributed by atoms with Crippen molar-refractivity contribution in [1.29, 1.82) is 0 Å². The van der Waals surface area contributed by atoms with Crippen molar-refractivity contribution < 1.29 is 9.59 Å². The molecule has 0 spiro atoms. The zero-order chi connectivity index (χ0) is 19.2. The van der Waals surface area contributed by atoms with Gasteiger partial charge in [0.15, 0.2) is 0 Å². The van der Waals surface area contributed by atoms with E-state index < -0.39 is 0 Å². The number of nitrogens with zero attached hydrogens (tertiary/aromatic N) is 2. The SMILES string of the molecule is CN(C)CCN1CC(C(=O)NCc2cccc(-c3ccccc3)c2)CC1=O. The molecule has 1 unspecified atom stereocenters. The Balaban J connectivity index is 1.55. The number of carbonyl (C=O) groups is 2. The van der Waals surface area contributed by atoms with E-state index in [0.717, 1.165) is 23.2 Å². The molecule has 1 heterocycles. The van der Waals surface area contributed by atoms with Crippen molar-refractivity contribution in [2.24, 2.45) is 5.92 Å². The lowest BCUT2D eigenvalue weighted by atomic mass is 10.0. The molecule has 1 aliphatic heterocycles. The van der Waals surface area contributed by atoms with Crippen LogP contribution < -0.4 is 5.32 Å². The number of carbonyl (C=O) groups excluding carboxylic acids is 2. The summed E-state index contributed by atoms with van der Waals surface area (Å²) in [5.41, 5.74) is 3.34. The van der Waals surface area contributed by atoms with Gasteiger partial charge in [0.1, 0.15) is 0 Å². The molecule has 1 saturated heterocycles. The van der Waals surface area contributed by atoms with Gasteiger partial charge >= 0.3 is 0 Å². The van der Waals surface area contributed by atoms with Crippen LogP contribution in [0.2, 0.25) is 0 Å². The van der Waals surface area contributed by atoms with Gasteiger partial charge in [-0.15, -0.1) is 0 Å². The summed E-state index contributed by atoms with van der Waals surface area (Å²) in [6.45, 7) is 2.48. The van der Waals surface area contributed by atoms with E-state index in [0.29, 0.717) is 26.1 Å². The first-order valence-electron chi connectivity index (χ1n) is 9.37. The van der Waals surface area contributed by atoms with Crippen molar-refractivity contribution in [3.63, 3.8) is 0 Å². The molecule has 2 amide bonds. The molecule has 0 aromatic heterocycles. The molecular formula is C22H27N3O2. The molecule has 5 heteroatoms. The van der Waals surface area contributed by atoms with E-state index in [-0.39, 0.29) is 17.7 Å². The summed E-state index contributed by atoms with van der Waals surface area (Å²) in [6.07, 6.45) is 0.309. The molecule has 1 aliphatic rings. The van der Waals surface area contributed by atoms with Gasteiger partial charge in [0.25, 0.3) is 0 Å². The van der Waals surface area contributed by atoms with Crippen LogP contribution >= 0.6 is 0 Å². The third-order valence-electron chi connectivity index (χ3n) is 4.90. The van der Waals surface area contributed by atoms with Gasteiger partial charge in [0.05, 0.1) is 5.92 Å². The van der Waals surface area contributed by atoms with Crippen LogP contribution in [0.3, 0.4) is 0 Å². The molecule has 2 aromatic carbocycles. The maximum Gasteiger partial charge on any atom is 0.225 e. The van der Waals surface area contributed by atoms with Crippen LogP contribution in [-0.2, 0) is 16.1 Å². The third kappa shape index (κ3) is 5.17. The fraction of sp³-hybridized carbons (Fsp3) is 0.364. The highest BCUT2D eigenvalue weighted by Gasteiger charge is 2.33. The first kappa shape index (κ1) is 19.1. The lowest BCUT2D eigenvalue weighted by molar-refractivity contribution is -0.129.